The van der Waals surface area contributed by atoms with Crippen LogP contribution in [0.15, 0.2) is 0 Å². The largest absolute Gasteiger partial charge is 0.366 e. The van der Waals surface area contributed by atoms with Gasteiger partial charge in [0.2, 0.25) is 5.91 Å². The molecule has 0 unspecified atom stereocenters. The van der Waals surface area contributed by atoms with Crippen molar-refractivity contribution in [1.29, 1.82) is 0 Å². The lowest BCUT2D eigenvalue weighted by Crippen LogP contribution is -2.52. The Labute approximate surface area is 66.1 Å². The molecular weight excluding hydrogens is 142 g/mol. The summed E-state index contributed by atoms with van der Waals surface area (Å²) in [6.45, 7) is 0.265. The molecule has 1 amide bonds. The van der Waals surface area contributed by atoms with Crippen molar-refractivity contribution in [1.82, 2.24) is 5.32 Å². The second kappa shape index (κ2) is 2.81. The lowest BCUT2D eigenvalue weighted by atomic mass is 9.91. The fourth-order valence-electron chi connectivity index (χ4n) is 1.89. The van der Waals surface area contributed by atoms with Crippen LogP contribution in [0.1, 0.15) is 25.7 Å². The number of carbonyl (C=O) groups is 1. The fourth-order valence-corrected chi connectivity index (χ4v) is 1.89. The molecule has 0 spiro atoms. The normalized spacial score (nSPS) is 37.6. The summed E-state index contributed by atoms with van der Waals surface area (Å²) >= 11 is 0. The highest BCUT2D eigenvalue weighted by molar-refractivity contribution is 5.78. The minimum Gasteiger partial charge on any atom is -0.366 e. The van der Waals surface area contributed by atoms with Gasteiger partial charge in [-0.15, -0.1) is 0 Å². The Bertz CT molecular complexity index is 169. The summed E-state index contributed by atoms with van der Waals surface area (Å²) in [5, 5.41) is 2.95. The van der Waals surface area contributed by atoms with Gasteiger partial charge in [0.05, 0.1) is 12.1 Å². The van der Waals surface area contributed by atoms with Crippen molar-refractivity contribution >= 4 is 5.91 Å². The topological polar surface area (TPSA) is 38.3 Å². The first-order valence-electron chi connectivity index (χ1n) is 4.27. The lowest BCUT2D eigenvalue weighted by Gasteiger charge is -2.35. The Morgan fingerprint density at radius 2 is 2.18 bits per heavy atom. The van der Waals surface area contributed by atoms with Crippen LogP contribution in [0, 0.1) is 0 Å². The molecule has 2 aliphatic rings. The van der Waals surface area contributed by atoms with Gasteiger partial charge in [0.1, 0.15) is 6.61 Å². The predicted molar refractivity (Wildman–Crippen MR) is 40.1 cm³/mol. The summed E-state index contributed by atoms with van der Waals surface area (Å²) in [7, 11) is 0. The molecule has 0 radical (unpaired) electrons. The van der Waals surface area contributed by atoms with Crippen LogP contribution < -0.4 is 5.32 Å². The molecule has 0 bridgehead atoms. The number of nitrogens with one attached hydrogen (secondary N) is 1. The molecule has 3 nitrogen and oxygen atoms in total. The molecule has 62 valence electrons. The van der Waals surface area contributed by atoms with Gasteiger partial charge >= 0.3 is 0 Å². The summed E-state index contributed by atoms with van der Waals surface area (Å²) < 4.78 is 5.38. The van der Waals surface area contributed by atoms with Gasteiger partial charge in [0, 0.05) is 0 Å². The monoisotopic (exact) mass is 155 g/mol. The van der Waals surface area contributed by atoms with Crippen molar-refractivity contribution in [2.75, 3.05) is 6.61 Å². The van der Waals surface area contributed by atoms with Gasteiger partial charge in [0.25, 0.3) is 0 Å². The minimum absolute atomic E-state index is 0.0492. The van der Waals surface area contributed by atoms with E-state index in [4.69, 9.17) is 4.74 Å². The molecule has 3 heteroatoms. The number of carbonyl (C=O) groups excluding carboxylic acids is 1. The predicted octanol–water partition coefficient (Wildman–Crippen LogP) is 0.444. The number of hydrogen-bond donors (Lipinski definition) is 1. The quantitative estimate of drug-likeness (QED) is 0.551. The van der Waals surface area contributed by atoms with Crippen LogP contribution in [-0.2, 0) is 9.53 Å². The van der Waals surface area contributed by atoms with Crippen LogP contribution in [0.4, 0.5) is 0 Å². The maximum atomic E-state index is 10.9. The van der Waals surface area contributed by atoms with E-state index in [1.165, 1.54) is 12.8 Å². The number of morpholine rings is 1. The average molecular weight is 155 g/mol. The number of hydrogen-bond acceptors (Lipinski definition) is 2. The van der Waals surface area contributed by atoms with Crippen molar-refractivity contribution in [3.8, 4) is 0 Å². The Morgan fingerprint density at radius 3 is 3.09 bits per heavy atom. The van der Waals surface area contributed by atoms with Crippen molar-refractivity contribution in [2.24, 2.45) is 0 Å². The second-order valence-corrected chi connectivity index (χ2v) is 3.31. The molecule has 1 aliphatic heterocycles. The molecule has 11 heavy (non-hydrogen) atoms. The Balaban J connectivity index is 1.98. The van der Waals surface area contributed by atoms with Crippen molar-refractivity contribution < 1.29 is 9.53 Å². The first-order valence-corrected chi connectivity index (χ1v) is 4.27. The summed E-state index contributed by atoms with van der Waals surface area (Å²) in [6.07, 6.45) is 4.99. The standard InChI is InChI=1S/C8H13NO2/c10-8-5-11-7-4-2-1-3-6(7)9-8/h6-7H,1-5H2,(H,9,10)/t6-,7-/m1/s1. The molecule has 0 aromatic heterocycles. The fraction of sp³-hybridized carbons (Fsp3) is 0.875. The Hall–Kier alpha value is -0.570. The molecule has 2 fully saturated rings. The van der Waals surface area contributed by atoms with Gasteiger partial charge in [-0.05, 0) is 12.8 Å². The van der Waals surface area contributed by atoms with Gasteiger partial charge in [-0.1, -0.05) is 12.8 Å². The van der Waals surface area contributed by atoms with E-state index in [9.17, 15) is 4.79 Å². The highest BCUT2D eigenvalue weighted by Gasteiger charge is 2.31. The van der Waals surface area contributed by atoms with Crippen molar-refractivity contribution in [2.45, 2.75) is 37.8 Å². The second-order valence-electron chi connectivity index (χ2n) is 3.31. The molecule has 1 N–H and O–H groups in total. The Morgan fingerprint density at radius 1 is 1.36 bits per heavy atom. The zero-order valence-corrected chi connectivity index (χ0v) is 6.51. The van der Waals surface area contributed by atoms with Crippen molar-refractivity contribution in [3.63, 3.8) is 0 Å². The van der Waals surface area contributed by atoms with Gasteiger partial charge in [-0.2, -0.15) is 0 Å². The Kier molecular flexibility index (Phi) is 1.82. The highest BCUT2D eigenvalue weighted by Crippen LogP contribution is 2.22. The first kappa shape index (κ1) is 7.10. The van der Waals surface area contributed by atoms with Crippen LogP contribution in [0.3, 0.4) is 0 Å². The zero-order valence-electron chi connectivity index (χ0n) is 6.51. The summed E-state index contributed by atoms with van der Waals surface area (Å²) in [5.41, 5.74) is 0. The smallest absolute Gasteiger partial charge is 0.246 e. The van der Waals surface area contributed by atoms with E-state index in [1.54, 1.807) is 0 Å². The van der Waals surface area contributed by atoms with Crippen LogP contribution in [-0.4, -0.2) is 24.7 Å². The third-order valence-electron chi connectivity index (χ3n) is 2.48. The maximum Gasteiger partial charge on any atom is 0.246 e. The number of rotatable bonds is 0. The van der Waals surface area contributed by atoms with E-state index >= 15 is 0 Å². The zero-order chi connectivity index (χ0) is 7.68. The molecule has 0 aromatic carbocycles. The molecule has 1 heterocycles. The molecular formula is C8H13NO2. The van der Waals surface area contributed by atoms with E-state index in [0.29, 0.717) is 12.1 Å². The first-order chi connectivity index (χ1) is 5.36. The summed E-state index contributed by atoms with van der Waals surface area (Å²) in [6, 6.07) is 0.310. The van der Waals surface area contributed by atoms with Gasteiger partial charge in [-0.3, -0.25) is 4.79 Å². The highest BCUT2D eigenvalue weighted by atomic mass is 16.5. The lowest BCUT2D eigenvalue weighted by molar-refractivity contribution is -0.138. The molecule has 0 aromatic rings. The maximum absolute atomic E-state index is 10.9. The number of fused-ring (bicyclic) bond motifs is 1. The molecule has 1 aliphatic carbocycles. The van der Waals surface area contributed by atoms with Crippen LogP contribution in [0.2, 0.25) is 0 Å². The van der Waals surface area contributed by atoms with E-state index < -0.39 is 0 Å². The summed E-state index contributed by atoms with van der Waals surface area (Å²) in [4.78, 5) is 10.9. The van der Waals surface area contributed by atoms with Crippen LogP contribution in [0.25, 0.3) is 0 Å². The van der Waals surface area contributed by atoms with E-state index in [-0.39, 0.29) is 12.5 Å². The van der Waals surface area contributed by atoms with Crippen LogP contribution >= 0.6 is 0 Å². The van der Waals surface area contributed by atoms with Gasteiger partial charge in [-0.25, -0.2) is 0 Å². The number of amides is 1. The van der Waals surface area contributed by atoms with Crippen LogP contribution in [0.5, 0.6) is 0 Å². The van der Waals surface area contributed by atoms with Gasteiger partial charge < -0.3 is 10.1 Å². The molecule has 2 atom stereocenters. The SMILES string of the molecule is O=C1CO[C@@H]2CCCC[C@H]2N1. The van der Waals surface area contributed by atoms with Gasteiger partial charge in [0.15, 0.2) is 0 Å². The van der Waals surface area contributed by atoms with E-state index in [2.05, 4.69) is 5.32 Å². The number of ether oxygens (including phenoxy) is 1. The molecule has 1 saturated carbocycles. The molecule has 1 saturated heterocycles. The van der Waals surface area contributed by atoms with E-state index in [1.807, 2.05) is 0 Å². The van der Waals surface area contributed by atoms with Crippen molar-refractivity contribution in [3.05, 3.63) is 0 Å². The molecule has 2 rings (SSSR count). The third kappa shape index (κ3) is 1.38. The van der Waals surface area contributed by atoms with E-state index in [0.717, 1.165) is 12.8 Å². The third-order valence-corrected chi connectivity index (χ3v) is 2.48. The minimum atomic E-state index is 0.0492. The summed E-state index contributed by atoms with van der Waals surface area (Å²) in [5.74, 6) is 0.0492. The average Bonchev–Trinajstić information content (AvgIpc) is 2.04.